The number of nitriles is 1. The van der Waals surface area contributed by atoms with Gasteiger partial charge in [-0.3, -0.25) is 0 Å². The van der Waals surface area contributed by atoms with Crippen LogP contribution in [-0.4, -0.2) is 14.8 Å². The summed E-state index contributed by atoms with van der Waals surface area (Å²) in [5.74, 6) is -0.492. The molecule has 0 atom stereocenters. The number of hydrogen-bond donors (Lipinski definition) is 0. The molecule has 0 unspecified atom stereocenters. The van der Waals surface area contributed by atoms with E-state index in [1.807, 2.05) is 6.07 Å². The van der Waals surface area contributed by atoms with Crippen molar-refractivity contribution in [3.8, 4) is 29.1 Å². The van der Waals surface area contributed by atoms with Crippen LogP contribution in [0.15, 0.2) is 42.5 Å². The van der Waals surface area contributed by atoms with Crippen molar-refractivity contribution < 1.29 is 31.1 Å². The predicted molar refractivity (Wildman–Crippen MR) is 87.7 cm³/mol. The van der Waals surface area contributed by atoms with Gasteiger partial charge in [0.25, 0.3) is 0 Å². The summed E-state index contributed by atoms with van der Waals surface area (Å²) in [4.78, 5) is 4.07. The van der Waals surface area contributed by atoms with E-state index in [0.29, 0.717) is 6.07 Å². The van der Waals surface area contributed by atoms with Crippen LogP contribution in [0.25, 0.3) is 11.3 Å². The van der Waals surface area contributed by atoms with Crippen molar-refractivity contribution in [1.82, 2.24) is 14.8 Å². The fourth-order valence-electron chi connectivity index (χ4n) is 2.39. The average molecular weight is 412 g/mol. The molecule has 3 aromatic rings. The number of ether oxygens (including phenoxy) is 1. The number of hydrogen-bond acceptors (Lipinski definition) is 4. The molecular weight excluding hydrogens is 402 g/mol. The van der Waals surface area contributed by atoms with E-state index >= 15 is 0 Å². The zero-order valence-electron chi connectivity index (χ0n) is 14.5. The first-order chi connectivity index (χ1) is 13.5. The van der Waals surface area contributed by atoms with E-state index < -0.39 is 23.6 Å². The van der Waals surface area contributed by atoms with Crippen LogP contribution in [0.5, 0.6) is 11.8 Å². The molecule has 0 amide bonds. The van der Waals surface area contributed by atoms with Crippen molar-refractivity contribution in [3.05, 3.63) is 59.3 Å². The van der Waals surface area contributed by atoms with Crippen LogP contribution in [0.3, 0.4) is 0 Å². The molecule has 2 aromatic heterocycles. The van der Waals surface area contributed by atoms with Crippen LogP contribution in [0, 0.1) is 11.3 Å². The van der Waals surface area contributed by atoms with E-state index in [4.69, 9.17) is 10.00 Å². The van der Waals surface area contributed by atoms with E-state index in [2.05, 4.69) is 10.1 Å². The normalized spacial score (nSPS) is 11.9. The standard InChI is InChI=1S/C18H10F6N4O/c1-28-16(8-14(27-28)18(22,23)24)29-15-7-10(9-25)6-13(26-15)11-2-4-12(5-3-11)17(19,20)21/h2-8H,1H3. The summed E-state index contributed by atoms with van der Waals surface area (Å²) in [6.45, 7) is 0. The van der Waals surface area contributed by atoms with Crippen LogP contribution in [0.2, 0.25) is 0 Å². The lowest BCUT2D eigenvalue weighted by Crippen LogP contribution is -2.06. The molecule has 0 saturated heterocycles. The number of benzene rings is 1. The van der Waals surface area contributed by atoms with E-state index in [9.17, 15) is 26.3 Å². The van der Waals surface area contributed by atoms with Gasteiger partial charge in [-0.1, -0.05) is 12.1 Å². The molecule has 0 saturated carbocycles. The van der Waals surface area contributed by atoms with Gasteiger partial charge in [0.1, 0.15) is 0 Å². The van der Waals surface area contributed by atoms with Gasteiger partial charge in [-0.25, -0.2) is 9.67 Å². The molecule has 0 aliphatic heterocycles. The molecule has 11 heteroatoms. The molecule has 3 rings (SSSR count). The summed E-state index contributed by atoms with van der Waals surface area (Å²) in [6.07, 6.45) is -9.18. The topological polar surface area (TPSA) is 63.7 Å². The van der Waals surface area contributed by atoms with Crippen molar-refractivity contribution in [2.24, 2.45) is 7.05 Å². The summed E-state index contributed by atoms with van der Waals surface area (Å²) in [5.41, 5.74) is -1.59. The maximum absolute atomic E-state index is 12.8. The van der Waals surface area contributed by atoms with Crippen LogP contribution in [0.4, 0.5) is 26.3 Å². The highest BCUT2D eigenvalue weighted by atomic mass is 19.4. The Kier molecular flexibility index (Phi) is 4.96. The van der Waals surface area contributed by atoms with Gasteiger partial charge in [-0.2, -0.15) is 36.7 Å². The Labute approximate surface area is 159 Å². The average Bonchev–Trinajstić information content (AvgIpc) is 3.02. The number of aryl methyl sites for hydroxylation is 1. The lowest BCUT2D eigenvalue weighted by atomic mass is 10.1. The number of pyridine rings is 1. The zero-order chi connectivity index (χ0) is 21.4. The Bertz CT molecular complexity index is 1080. The molecule has 29 heavy (non-hydrogen) atoms. The lowest BCUT2D eigenvalue weighted by molar-refractivity contribution is -0.141. The first kappa shape index (κ1) is 20.2. The number of halogens is 6. The van der Waals surface area contributed by atoms with Crippen LogP contribution >= 0.6 is 0 Å². The summed E-state index contributed by atoms with van der Waals surface area (Å²) >= 11 is 0. The third-order valence-corrected chi connectivity index (χ3v) is 3.78. The number of rotatable bonds is 3. The minimum Gasteiger partial charge on any atom is -0.421 e. The minimum absolute atomic E-state index is 0.0584. The highest BCUT2D eigenvalue weighted by Crippen LogP contribution is 2.33. The zero-order valence-corrected chi connectivity index (χ0v) is 14.5. The third kappa shape index (κ3) is 4.48. The minimum atomic E-state index is -4.67. The van der Waals surface area contributed by atoms with Gasteiger partial charge in [-0.05, 0) is 18.2 Å². The van der Waals surface area contributed by atoms with Crippen LogP contribution in [-0.2, 0) is 19.4 Å². The molecule has 0 aliphatic rings. The van der Waals surface area contributed by atoms with Crippen LogP contribution < -0.4 is 4.74 Å². The summed E-state index contributed by atoms with van der Waals surface area (Å²) in [5, 5.41) is 12.5. The Hall–Kier alpha value is -3.55. The molecule has 0 radical (unpaired) electrons. The van der Waals surface area contributed by atoms with Crippen LogP contribution in [0.1, 0.15) is 16.8 Å². The SMILES string of the molecule is Cn1nc(C(F)(F)F)cc1Oc1cc(C#N)cc(-c2ccc(C(F)(F)F)cc2)n1. The van der Waals surface area contributed by atoms with Gasteiger partial charge in [0.05, 0.1) is 22.9 Å². The maximum Gasteiger partial charge on any atom is 0.435 e. The Morgan fingerprint density at radius 2 is 1.62 bits per heavy atom. The number of nitrogens with zero attached hydrogens (tertiary/aromatic N) is 4. The van der Waals surface area contributed by atoms with Crippen molar-refractivity contribution in [1.29, 1.82) is 5.26 Å². The molecule has 0 bridgehead atoms. The fraction of sp³-hybridized carbons (Fsp3) is 0.167. The van der Waals surface area contributed by atoms with Crippen molar-refractivity contribution in [3.63, 3.8) is 0 Å². The molecule has 1 aromatic carbocycles. The molecule has 0 spiro atoms. The lowest BCUT2D eigenvalue weighted by Gasteiger charge is -2.09. The molecular formula is C18H10F6N4O. The molecule has 0 N–H and O–H groups in total. The Morgan fingerprint density at radius 1 is 0.966 bits per heavy atom. The highest BCUT2D eigenvalue weighted by Gasteiger charge is 2.35. The maximum atomic E-state index is 12.8. The van der Waals surface area contributed by atoms with Gasteiger partial charge in [0.15, 0.2) is 5.69 Å². The van der Waals surface area contributed by atoms with E-state index in [0.717, 1.165) is 16.8 Å². The predicted octanol–water partition coefficient (Wildman–Crippen LogP) is 5.18. The van der Waals surface area contributed by atoms with Crippen molar-refractivity contribution >= 4 is 0 Å². The highest BCUT2D eigenvalue weighted by molar-refractivity contribution is 5.62. The second kappa shape index (κ2) is 7.12. The summed E-state index contributed by atoms with van der Waals surface area (Å²) in [6, 6.07) is 9.06. The quantitative estimate of drug-likeness (QED) is 0.556. The molecule has 5 nitrogen and oxygen atoms in total. The van der Waals surface area contributed by atoms with Crippen molar-refractivity contribution in [2.45, 2.75) is 12.4 Å². The monoisotopic (exact) mass is 412 g/mol. The largest absolute Gasteiger partial charge is 0.435 e. The Morgan fingerprint density at radius 3 is 2.14 bits per heavy atom. The van der Waals surface area contributed by atoms with E-state index in [1.54, 1.807) is 0 Å². The summed E-state index contributed by atoms with van der Waals surface area (Å²) < 4.78 is 82.6. The number of alkyl halides is 6. The van der Waals surface area contributed by atoms with Gasteiger partial charge in [0.2, 0.25) is 11.8 Å². The Balaban J connectivity index is 1.96. The van der Waals surface area contributed by atoms with Gasteiger partial charge >= 0.3 is 12.4 Å². The number of aromatic nitrogens is 3. The molecule has 2 heterocycles. The van der Waals surface area contributed by atoms with Crippen molar-refractivity contribution in [2.75, 3.05) is 0 Å². The van der Waals surface area contributed by atoms with E-state index in [-0.39, 0.29) is 28.6 Å². The molecule has 0 fully saturated rings. The molecule has 150 valence electrons. The van der Waals surface area contributed by atoms with Gasteiger partial charge < -0.3 is 4.74 Å². The van der Waals surface area contributed by atoms with Gasteiger partial charge in [-0.15, -0.1) is 0 Å². The second-order valence-electron chi connectivity index (χ2n) is 5.86. The third-order valence-electron chi connectivity index (χ3n) is 3.78. The second-order valence-corrected chi connectivity index (χ2v) is 5.86. The summed E-state index contributed by atoms with van der Waals surface area (Å²) in [7, 11) is 1.23. The van der Waals surface area contributed by atoms with E-state index in [1.165, 1.54) is 31.3 Å². The van der Waals surface area contributed by atoms with Gasteiger partial charge in [0, 0.05) is 24.7 Å². The first-order valence-corrected chi connectivity index (χ1v) is 7.86. The fourth-order valence-corrected chi connectivity index (χ4v) is 2.39. The molecule has 0 aliphatic carbocycles. The smallest absolute Gasteiger partial charge is 0.421 e. The first-order valence-electron chi connectivity index (χ1n) is 7.86.